The van der Waals surface area contributed by atoms with E-state index in [4.69, 9.17) is 5.73 Å². The molecule has 1 aliphatic heterocycles. The lowest BCUT2D eigenvalue weighted by atomic mass is 9.07. The topological polar surface area (TPSA) is 38.0 Å². The van der Waals surface area contributed by atoms with Crippen LogP contribution in [0.5, 0.6) is 0 Å². The van der Waals surface area contributed by atoms with Crippen LogP contribution >= 0.6 is 0 Å². The van der Waals surface area contributed by atoms with E-state index in [9.17, 15) is 0 Å². The van der Waals surface area contributed by atoms with E-state index in [1.807, 2.05) is 28.6 Å². The van der Waals surface area contributed by atoms with Crippen molar-refractivity contribution in [3.63, 3.8) is 0 Å². The van der Waals surface area contributed by atoms with Crippen molar-refractivity contribution >= 4 is 28.6 Å². The van der Waals surface area contributed by atoms with Gasteiger partial charge < -0.3 is 11.0 Å². The van der Waals surface area contributed by atoms with Crippen LogP contribution in [0.3, 0.4) is 0 Å². The van der Waals surface area contributed by atoms with E-state index in [1.54, 1.807) is 0 Å². The number of hydrogen-bond acceptors (Lipinski definition) is 2. The summed E-state index contributed by atoms with van der Waals surface area (Å²) in [5, 5.41) is 2.89. The fraction of sp³-hybridized carbons (Fsp3) is 1.00. The van der Waals surface area contributed by atoms with Crippen molar-refractivity contribution in [2.24, 2.45) is 5.73 Å². The van der Waals surface area contributed by atoms with Crippen LogP contribution in [0.25, 0.3) is 0 Å². The lowest BCUT2D eigenvalue weighted by Gasteiger charge is -2.16. The van der Waals surface area contributed by atoms with Gasteiger partial charge in [-0.3, -0.25) is 0 Å². The molecule has 0 amide bonds. The smallest absolute Gasteiger partial charge is 0.145 e. The van der Waals surface area contributed by atoms with Crippen LogP contribution in [0.1, 0.15) is 0 Å². The SMILES string of the molecule is NC1[B][B][B][B]N1. The van der Waals surface area contributed by atoms with Gasteiger partial charge in [0.05, 0.1) is 7.17 Å². The van der Waals surface area contributed by atoms with Crippen LogP contribution in [0.2, 0.25) is 0 Å². The van der Waals surface area contributed by atoms with Gasteiger partial charge in [0.25, 0.3) is 0 Å². The molecular formula is CH4B4N2. The van der Waals surface area contributed by atoms with Crippen molar-refractivity contribution in [3.05, 3.63) is 0 Å². The molecule has 0 aliphatic carbocycles. The monoisotopic (exact) mass is 88.1 g/mol. The largest absolute Gasteiger partial charge is 0.363 e. The van der Waals surface area contributed by atoms with Gasteiger partial charge in [0, 0.05) is 14.1 Å². The Morgan fingerprint density at radius 3 is 2.57 bits per heavy atom. The molecule has 30 valence electrons. The zero-order chi connectivity index (χ0) is 5.11. The molecule has 1 saturated heterocycles. The van der Waals surface area contributed by atoms with Crippen LogP contribution in [-0.2, 0) is 0 Å². The molecule has 1 aliphatic rings. The van der Waals surface area contributed by atoms with Gasteiger partial charge in [-0.15, -0.1) is 0 Å². The minimum atomic E-state index is 0.0185. The van der Waals surface area contributed by atoms with E-state index in [2.05, 4.69) is 5.23 Å². The first-order valence-electron chi connectivity index (χ1n) is 2.24. The van der Waals surface area contributed by atoms with E-state index in [0.717, 1.165) is 0 Å². The van der Waals surface area contributed by atoms with Crippen molar-refractivity contribution in [2.45, 2.75) is 6.07 Å². The Morgan fingerprint density at radius 2 is 2.29 bits per heavy atom. The molecule has 2 nitrogen and oxygen atoms in total. The van der Waals surface area contributed by atoms with Crippen LogP contribution in [0.15, 0.2) is 0 Å². The lowest BCUT2D eigenvalue weighted by molar-refractivity contribution is 0.873. The Hall–Kier alpha value is 0.180. The van der Waals surface area contributed by atoms with Crippen molar-refractivity contribution in [2.75, 3.05) is 0 Å². The first-order chi connectivity index (χ1) is 3.39. The molecule has 0 aromatic carbocycles. The Labute approximate surface area is 46.5 Å². The lowest BCUT2D eigenvalue weighted by Crippen LogP contribution is -2.55. The molecule has 1 unspecified atom stereocenters. The zero-order valence-corrected chi connectivity index (χ0v) is 3.96. The third kappa shape index (κ3) is 1.61. The number of nitrogens with two attached hydrogens (primary N) is 1. The van der Waals surface area contributed by atoms with Crippen molar-refractivity contribution < 1.29 is 0 Å². The third-order valence-electron chi connectivity index (χ3n) is 0.814. The molecule has 0 spiro atoms. The van der Waals surface area contributed by atoms with Gasteiger partial charge in [-0.25, -0.2) is 0 Å². The van der Waals surface area contributed by atoms with Gasteiger partial charge >= 0.3 is 0 Å². The molecular weight excluding hydrogens is 83.3 g/mol. The van der Waals surface area contributed by atoms with Crippen LogP contribution in [-0.4, -0.2) is 34.7 Å². The quantitative estimate of drug-likeness (QED) is 0.316. The fourth-order valence-corrected chi connectivity index (χ4v) is 0.462. The van der Waals surface area contributed by atoms with E-state index in [-0.39, 0.29) is 6.07 Å². The predicted octanol–water partition coefficient (Wildman–Crippen LogP) is -2.69. The normalized spacial score (nSPS) is 28.4. The second-order valence-electron chi connectivity index (χ2n) is 1.44. The van der Waals surface area contributed by atoms with E-state index in [1.165, 1.54) is 0 Å². The number of hydrogen-bond donors (Lipinski definition) is 2. The molecule has 7 heavy (non-hydrogen) atoms. The summed E-state index contributed by atoms with van der Waals surface area (Å²) in [6, 6.07) is 0.0185. The molecule has 0 bridgehead atoms. The standard InChI is InChI=1S/CH4B4N2/c6-1-2-3-4-5-7-1/h1,7H,6H2. The van der Waals surface area contributed by atoms with E-state index < -0.39 is 0 Å². The van der Waals surface area contributed by atoms with Crippen LogP contribution in [0, 0.1) is 0 Å². The average molecular weight is 87.3 g/mol. The Balaban J connectivity index is 2.12. The maximum atomic E-state index is 5.39. The second kappa shape index (κ2) is 2.48. The summed E-state index contributed by atoms with van der Waals surface area (Å²) in [5.74, 6) is 0. The maximum absolute atomic E-state index is 5.39. The summed E-state index contributed by atoms with van der Waals surface area (Å²) in [5.41, 5.74) is 5.39. The Morgan fingerprint density at radius 1 is 1.43 bits per heavy atom. The van der Waals surface area contributed by atoms with Gasteiger partial charge in [0.15, 0.2) is 0 Å². The summed E-state index contributed by atoms with van der Waals surface area (Å²) >= 11 is 0. The van der Waals surface area contributed by atoms with Gasteiger partial charge in [0.1, 0.15) is 7.31 Å². The van der Waals surface area contributed by atoms with Gasteiger partial charge in [-0.1, -0.05) is 0 Å². The third-order valence-corrected chi connectivity index (χ3v) is 0.814. The second-order valence-corrected chi connectivity index (χ2v) is 1.44. The first-order valence-corrected chi connectivity index (χ1v) is 2.24. The molecule has 1 fully saturated rings. The molecule has 0 aromatic rings. The molecule has 6 heteroatoms. The minimum absolute atomic E-state index is 0.0185. The van der Waals surface area contributed by atoms with E-state index >= 15 is 0 Å². The minimum Gasteiger partial charge on any atom is -0.363 e. The van der Waals surface area contributed by atoms with Gasteiger partial charge in [-0.2, -0.15) is 0 Å². The fourth-order valence-electron chi connectivity index (χ4n) is 0.462. The highest BCUT2D eigenvalue weighted by Crippen LogP contribution is 1.69. The van der Waals surface area contributed by atoms with Crippen molar-refractivity contribution in [1.82, 2.24) is 5.23 Å². The molecule has 1 rings (SSSR count). The van der Waals surface area contributed by atoms with E-state index in [0.29, 0.717) is 0 Å². The highest BCUT2D eigenvalue weighted by molar-refractivity contribution is 7.45. The highest BCUT2D eigenvalue weighted by atomic mass is 14.9. The first kappa shape index (κ1) is 5.32. The highest BCUT2D eigenvalue weighted by Gasteiger charge is 2.08. The maximum Gasteiger partial charge on any atom is 0.145 e. The van der Waals surface area contributed by atoms with Crippen molar-refractivity contribution in [3.8, 4) is 0 Å². The number of rotatable bonds is 0. The summed E-state index contributed by atoms with van der Waals surface area (Å²) in [6.07, 6.45) is 0. The zero-order valence-electron chi connectivity index (χ0n) is 3.96. The average Bonchev–Trinajstić information content (AvgIpc) is 1.69. The molecule has 4 radical (unpaired) electrons. The van der Waals surface area contributed by atoms with Gasteiger partial charge in [0.2, 0.25) is 0 Å². The molecule has 0 saturated carbocycles. The summed E-state index contributed by atoms with van der Waals surface area (Å²) in [7, 11) is 7.54. The van der Waals surface area contributed by atoms with Crippen molar-refractivity contribution in [1.29, 1.82) is 0 Å². The number of nitrogens with one attached hydrogen (secondary N) is 1. The summed E-state index contributed by atoms with van der Waals surface area (Å²) in [4.78, 5) is 0. The van der Waals surface area contributed by atoms with Gasteiger partial charge in [-0.05, 0) is 6.07 Å². The molecule has 3 N–H and O–H groups in total. The molecule has 1 heterocycles. The summed E-state index contributed by atoms with van der Waals surface area (Å²) < 4.78 is 0. The predicted molar refractivity (Wildman–Crippen MR) is 34.1 cm³/mol. The van der Waals surface area contributed by atoms with Crippen LogP contribution < -0.4 is 11.0 Å². The summed E-state index contributed by atoms with van der Waals surface area (Å²) in [6.45, 7) is 0. The molecule has 0 aromatic heterocycles. The van der Waals surface area contributed by atoms with Crippen LogP contribution in [0.4, 0.5) is 0 Å². The Bertz CT molecular complexity index is 51.7. The Kier molecular flexibility index (Phi) is 1.88. The molecule has 1 atom stereocenters.